The first-order chi connectivity index (χ1) is 14.2. The average molecular weight is 424 g/mol. The fraction of sp³-hybridized carbons (Fsp3) is 0.333. The number of nitrogens with one attached hydrogen (secondary N) is 1. The van der Waals surface area contributed by atoms with Gasteiger partial charge in [0, 0.05) is 4.88 Å². The minimum absolute atomic E-state index is 0.142. The highest BCUT2D eigenvalue weighted by Crippen LogP contribution is 2.36. The lowest BCUT2D eigenvalue weighted by molar-refractivity contribution is -0.113. The van der Waals surface area contributed by atoms with E-state index in [-0.39, 0.29) is 11.7 Å². The van der Waals surface area contributed by atoms with Crippen LogP contribution in [-0.2, 0) is 17.6 Å². The van der Waals surface area contributed by atoms with E-state index in [1.807, 2.05) is 30.3 Å². The number of anilines is 1. The van der Waals surface area contributed by atoms with Gasteiger partial charge in [-0.3, -0.25) is 4.79 Å². The largest absolute Gasteiger partial charge is 0.316 e. The molecule has 3 aromatic rings. The molecular formula is C21H21N5OS2. The van der Waals surface area contributed by atoms with Gasteiger partial charge < -0.3 is 5.32 Å². The minimum Gasteiger partial charge on any atom is -0.316 e. The predicted molar refractivity (Wildman–Crippen MR) is 116 cm³/mol. The van der Waals surface area contributed by atoms with Gasteiger partial charge in [0.2, 0.25) is 11.1 Å². The molecule has 1 aliphatic rings. The molecule has 0 saturated carbocycles. The number of hydrogen-bond acceptors (Lipinski definition) is 6. The molecule has 2 aromatic heterocycles. The van der Waals surface area contributed by atoms with Crippen LogP contribution in [-0.4, -0.2) is 26.4 Å². The topological polar surface area (TPSA) is 83.6 Å². The van der Waals surface area contributed by atoms with Gasteiger partial charge in [-0.25, -0.2) is 9.67 Å². The van der Waals surface area contributed by atoms with Gasteiger partial charge in [-0.1, -0.05) is 42.8 Å². The van der Waals surface area contributed by atoms with Crippen LogP contribution in [0, 0.1) is 11.3 Å². The number of aromatic nitrogens is 3. The van der Waals surface area contributed by atoms with Crippen molar-refractivity contribution in [1.82, 2.24) is 14.8 Å². The highest BCUT2D eigenvalue weighted by atomic mass is 32.2. The van der Waals surface area contributed by atoms with Crippen LogP contribution in [0.4, 0.5) is 5.00 Å². The smallest absolute Gasteiger partial charge is 0.235 e. The van der Waals surface area contributed by atoms with Crippen LogP contribution in [0.3, 0.4) is 0 Å². The monoisotopic (exact) mass is 423 g/mol. The summed E-state index contributed by atoms with van der Waals surface area (Å²) in [7, 11) is 0. The molecular weight excluding hydrogens is 402 g/mol. The van der Waals surface area contributed by atoms with Gasteiger partial charge in [0.25, 0.3) is 0 Å². The average Bonchev–Trinajstić information content (AvgIpc) is 3.32. The maximum absolute atomic E-state index is 12.5. The number of aryl methyl sites for hydroxylation is 1. The standard InChI is InChI=1S/C21H21N5OS2/c22-12-17-16-10-6-1-2-7-11-18(16)29-20(17)24-19(27)13-28-21-23-14-26(25-21)15-8-4-3-5-9-15/h3-5,8-9,14H,1-2,6-7,10-11,13H2,(H,24,27). The van der Waals surface area contributed by atoms with Crippen LogP contribution in [0.1, 0.15) is 41.7 Å². The Bertz CT molecular complexity index is 1040. The fourth-order valence-electron chi connectivity index (χ4n) is 3.44. The van der Waals surface area contributed by atoms with Crippen molar-refractivity contribution >= 4 is 34.0 Å². The molecule has 1 N–H and O–H groups in total. The number of amides is 1. The fourth-order valence-corrected chi connectivity index (χ4v) is 5.29. The number of thiophene rings is 1. The van der Waals surface area contributed by atoms with Crippen molar-refractivity contribution in [2.45, 2.75) is 43.7 Å². The molecule has 1 aliphatic carbocycles. The van der Waals surface area contributed by atoms with E-state index in [1.165, 1.54) is 29.5 Å². The Morgan fingerprint density at radius 2 is 2.00 bits per heavy atom. The van der Waals surface area contributed by atoms with E-state index in [2.05, 4.69) is 21.5 Å². The molecule has 1 amide bonds. The summed E-state index contributed by atoms with van der Waals surface area (Å²) in [6.45, 7) is 0. The van der Waals surface area contributed by atoms with Gasteiger partial charge >= 0.3 is 0 Å². The Morgan fingerprint density at radius 1 is 1.21 bits per heavy atom. The maximum atomic E-state index is 12.5. The molecule has 0 saturated heterocycles. The van der Waals surface area contributed by atoms with Gasteiger partial charge in [0.05, 0.1) is 17.0 Å². The van der Waals surface area contributed by atoms with Gasteiger partial charge in [-0.15, -0.1) is 16.4 Å². The van der Waals surface area contributed by atoms with Crippen molar-refractivity contribution < 1.29 is 4.79 Å². The normalized spacial score (nSPS) is 13.8. The second-order valence-corrected chi connectivity index (χ2v) is 8.93. The van der Waals surface area contributed by atoms with Crippen LogP contribution in [0.5, 0.6) is 0 Å². The lowest BCUT2D eigenvalue weighted by atomic mass is 9.97. The SMILES string of the molecule is N#Cc1c(NC(=O)CSc2ncn(-c3ccccc3)n2)sc2c1CCCCCC2. The van der Waals surface area contributed by atoms with Gasteiger partial charge in [0.15, 0.2) is 0 Å². The first kappa shape index (κ1) is 19.7. The molecule has 8 heteroatoms. The molecule has 0 radical (unpaired) electrons. The second kappa shape index (κ2) is 9.25. The zero-order valence-corrected chi connectivity index (χ0v) is 17.6. The number of nitrogens with zero attached hydrogens (tertiary/aromatic N) is 4. The van der Waals surface area contributed by atoms with Crippen molar-refractivity contribution in [2.75, 3.05) is 11.1 Å². The number of carbonyl (C=O) groups is 1. The molecule has 4 rings (SSSR count). The Kier molecular flexibility index (Phi) is 6.27. The summed E-state index contributed by atoms with van der Waals surface area (Å²) in [6.07, 6.45) is 8.28. The lowest BCUT2D eigenvalue weighted by Gasteiger charge is -2.08. The first-order valence-corrected chi connectivity index (χ1v) is 11.5. The molecule has 0 bridgehead atoms. The number of carbonyl (C=O) groups excluding carboxylic acids is 1. The third-order valence-corrected chi connectivity index (χ3v) is 6.92. The van der Waals surface area contributed by atoms with Crippen LogP contribution >= 0.6 is 23.1 Å². The van der Waals surface area contributed by atoms with E-state index < -0.39 is 0 Å². The van der Waals surface area contributed by atoms with Crippen LogP contribution in [0.25, 0.3) is 5.69 Å². The lowest BCUT2D eigenvalue weighted by Crippen LogP contribution is -2.14. The van der Waals surface area contributed by atoms with Crippen molar-refractivity contribution in [3.05, 3.63) is 52.7 Å². The predicted octanol–water partition coefficient (Wildman–Crippen LogP) is 4.59. The number of fused-ring (bicyclic) bond motifs is 1. The summed E-state index contributed by atoms with van der Waals surface area (Å²) in [4.78, 5) is 18.0. The number of nitriles is 1. The van der Waals surface area contributed by atoms with Gasteiger partial charge in [-0.05, 0) is 43.4 Å². The highest BCUT2D eigenvalue weighted by Gasteiger charge is 2.20. The second-order valence-electron chi connectivity index (χ2n) is 6.88. The molecule has 1 aromatic carbocycles. The summed E-state index contributed by atoms with van der Waals surface area (Å²) < 4.78 is 1.69. The number of para-hydroxylation sites is 1. The van der Waals surface area contributed by atoms with E-state index in [1.54, 1.807) is 22.3 Å². The van der Waals surface area contributed by atoms with Crippen molar-refractivity contribution in [3.8, 4) is 11.8 Å². The first-order valence-electron chi connectivity index (χ1n) is 9.69. The summed E-state index contributed by atoms with van der Waals surface area (Å²) in [6, 6.07) is 12.0. The van der Waals surface area contributed by atoms with Crippen LogP contribution in [0.15, 0.2) is 41.8 Å². The van der Waals surface area contributed by atoms with Crippen molar-refractivity contribution in [2.24, 2.45) is 0 Å². The van der Waals surface area contributed by atoms with E-state index in [4.69, 9.17) is 0 Å². The molecule has 29 heavy (non-hydrogen) atoms. The molecule has 0 atom stereocenters. The third kappa shape index (κ3) is 4.69. The van der Waals surface area contributed by atoms with E-state index >= 15 is 0 Å². The maximum Gasteiger partial charge on any atom is 0.235 e. The minimum atomic E-state index is -0.142. The van der Waals surface area contributed by atoms with E-state index in [9.17, 15) is 10.1 Å². The van der Waals surface area contributed by atoms with Crippen molar-refractivity contribution in [3.63, 3.8) is 0 Å². The van der Waals surface area contributed by atoms with Crippen molar-refractivity contribution in [1.29, 1.82) is 5.26 Å². The molecule has 2 heterocycles. The number of benzene rings is 1. The summed E-state index contributed by atoms with van der Waals surface area (Å²) in [5, 5.41) is 18.2. The highest BCUT2D eigenvalue weighted by molar-refractivity contribution is 7.99. The zero-order valence-electron chi connectivity index (χ0n) is 15.9. The number of hydrogen-bond donors (Lipinski definition) is 1. The third-order valence-electron chi connectivity index (χ3n) is 4.86. The number of thioether (sulfide) groups is 1. The molecule has 0 aliphatic heterocycles. The molecule has 6 nitrogen and oxygen atoms in total. The van der Waals surface area contributed by atoms with Crippen LogP contribution < -0.4 is 5.32 Å². The summed E-state index contributed by atoms with van der Waals surface area (Å²) >= 11 is 2.85. The molecule has 0 unspecified atom stereocenters. The quantitative estimate of drug-likeness (QED) is 0.607. The Labute approximate surface area is 178 Å². The van der Waals surface area contributed by atoms with Crippen LogP contribution in [0.2, 0.25) is 0 Å². The molecule has 0 spiro atoms. The summed E-state index contributed by atoms with van der Waals surface area (Å²) in [5.74, 6) is 0.0588. The Hall–Kier alpha value is -2.63. The molecule has 148 valence electrons. The van der Waals surface area contributed by atoms with Gasteiger partial charge in [0.1, 0.15) is 17.4 Å². The van der Waals surface area contributed by atoms with E-state index in [0.717, 1.165) is 36.9 Å². The summed E-state index contributed by atoms with van der Waals surface area (Å²) in [5.41, 5.74) is 2.71. The zero-order chi connectivity index (χ0) is 20.1. The van der Waals surface area contributed by atoms with E-state index in [0.29, 0.717) is 15.7 Å². The Morgan fingerprint density at radius 3 is 2.79 bits per heavy atom. The number of rotatable bonds is 5. The van der Waals surface area contributed by atoms with Gasteiger partial charge in [-0.2, -0.15) is 5.26 Å². The molecule has 0 fully saturated rings. The Balaban J connectivity index is 1.40.